The molecule has 0 bridgehead atoms. The number of sulfone groups is 1. The highest BCUT2D eigenvalue weighted by atomic mass is 32.2. The van der Waals surface area contributed by atoms with E-state index >= 15 is 0 Å². The first-order chi connectivity index (χ1) is 10.8. The highest BCUT2D eigenvalue weighted by molar-refractivity contribution is 7.91. The highest BCUT2D eigenvalue weighted by Gasteiger charge is 2.46. The summed E-state index contributed by atoms with van der Waals surface area (Å²) in [4.78, 5) is 14.3. The second-order valence-electron chi connectivity index (χ2n) is 6.18. The Bertz CT molecular complexity index is 674. The van der Waals surface area contributed by atoms with Crippen molar-refractivity contribution in [3.8, 4) is 0 Å². The van der Waals surface area contributed by atoms with Crippen LogP contribution >= 0.6 is 0 Å². The Morgan fingerprint density at radius 3 is 2.65 bits per heavy atom. The van der Waals surface area contributed by atoms with Crippen LogP contribution in [0.2, 0.25) is 0 Å². The van der Waals surface area contributed by atoms with E-state index in [4.69, 9.17) is 0 Å². The van der Waals surface area contributed by atoms with E-state index in [1.54, 1.807) is 24.8 Å². The molecular weight excluding hydrogens is 317 g/mol. The standard InChI is InChI=1S/C17H24FNO3S/c1-4-19(12(3)11-23(21,22)5-2)17(20)16-10-15(16)13-7-6-8-14(18)9-13/h6-9,12,15-16H,4-5,10-11H2,1-3H3. The van der Waals surface area contributed by atoms with Gasteiger partial charge in [0.1, 0.15) is 5.82 Å². The predicted molar refractivity (Wildman–Crippen MR) is 88.4 cm³/mol. The van der Waals surface area contributed by atoms with Crippen molar-refractivity contribution in [3.05, 3.63) is 35.6 Å². The molecule has 1 saturated carbocycles. The van der Waals surface area contributed by atoms with Crippen molar-refractivity contribution in [1.82, 2.24) is 4.90 Å². The number of hydrogen-bond donors (Lipinski definition) is 0. The quantitative estimate of drug-likeness (QED) is 0.766. The maximum Gasteiger partial charge on any atom is 0.226 e. The van der Waals surface area contributed by atoms with Gasteiger partial charge in [0, 0.05) is 24.3 Å². The molecule has 1 amide bonds. The van der Waals surface area contributed by atoms with Crippen LogP contribution < -0.4 is 0 Å². The molecule has 128 valence electrons. The highest BCUT2D eigenvalue weighted by Crippen LogP contribution is 2.48. The van der Waals surface area contributed by atoms with Gasteiger partial charge in [0.05, 0.1) is 5.75 Å². The van der Waals surface area contributed by atoms with Gasteiger partial charge in [0.15, 0.2) is 9.84 Å². The molecule has 0 aromatic heterocycles. The van der Waals surface area contributed by atoms with E-state index in [2.05, 4.69) is 0 Å². The molecule has 3 atom stereocenters. The summed E-state index contributed by atoms with van der Waals surface area (Å²) >= 11 is 0. The van der Waals surface area contributed by atoms with Crippen LogP contribution in [0.5, 0.6) is 0 Å². The summed E-state index contributed by atoms with van der Waals surface area (Å²) in [6.45, 7) is 5.72. The summed E-state index contributed by atoms with van der Waals surface area (Å²) in [6.07, 6.45) is 0.700. The maximum atomic E-state index is 13.3. The molecule has 1 aliphatic rings. The normalized spacial score (nSPS) is 21.7. The summed E-state index contributed by atoms with van der Waals surface area (Å²) in [5, 5.41) is 0. The van der Waals surface area contributed by atoms with Crippen molar-refractivity contribution >= 4 is 15.7 Å². The Labute approximate surface area is 137 Å². The number of rotatable bonds is 7. The molecule has 3 unspecified atom stereocenters. The molecule has 0 saturated heterocycles. The Balaban J connectivity index is 2.04. The van der Waals surface area contributed by atoms with E-state index in [-0.39, 0.29) is 41.1 Å². The van der Waals surface area contributed by atoms with Crippen LogP contribution in [-0.4, -0.2) is 43.3 Å². The first-order valence-electron chi connectivity index (χ1n) is 8.05. The van der Waals surface area contributed by atoms with Crippen LogP contribution in [0, 0.1) is 11.7 Å². The first-order valence-corrected chi connectivity index (χ1v) is 9.87. The predicted octanol–water partition coefficient (Wildman–Crippen LogP) is 2.60. The van der Waals surface area contributed by atoms with Gasteiger partial charge in [-0.05, 0) is 43.9 Å². The third-order valence-electron chi connectivity index (χ3n) is 4.48. The Hall–Kier alpha value is -1.43. The summed E-state index contributed by atoms with van der Waals surface area (Å²) in [5.74, 6) is -0.375. The van der Waals surface area contributed by atoms with Gasteiger partial charge in [-0.1, -0.05) is 19.1 Å². The molecule has 23 heavy (non-hydrogen) atoms. The van der Waals surface area contributed by atoms with Crippen LogP contribution in [0.15, 0.2) is 24.3 Å². The Morgan fingerprint density at radius 1 is 1.39 bits per heavy atom. The molecule has 1 fully saturated rings. The molecule has 4 nitrogen and oxygen atoms in total. The lowest BCUT2D eigenvalue weighted by Crippen LogP contribution is -2.43. The van der Waals surface area contributed by atoms with Crippen LogP contribution in [0.1, 0.15) is 38.7 Å². The number of nitrogens with zero attached hydrogens (tertiary/aromatic N) is 1. The van der Waals surface area contributed by atoms with E-state index in [0.717, 1.165) is 5.56 Å². The van der Waals surface area contributed by atoms with Gasteiger partial charge in [-0.15, -0.1) is 0 Å². The molecular formula is C17H24FNO3S. The molecule has 2 rings (SSSR count). The van der Waals surface area contributed by atoms with E-state index < -0.39 is 9.84 Å². The zero-order valence-electron chi connectivity index (χ0n) is 13.8. The van der Waals surface area contributed by atoms with Gasteiger partial charge in [0.25, 0.3) is 0 Å². The van der Waals surface area contributed by atoms with Crippen molar-refractivity contribution in [2.45, 2.75) is 39.2 Å². The lowest BCUT2D eigenvalue weighted by atomic mass is 10.1. The minimum atomic E-state index is -3.13. The Kier molecular flexibility index (Phi) is 5.45. The fourth-order valence-electron chi connectivity index (χ4n) is 3.05. The molecule has 0 N–H and O–H groups in total. The summed E-state index contributed by atoms with van der Waals surface area (Å²) in [7, 11) is -3.13. The fraction of sp³-hybridized carbons (Fsp3) is 0.588. The smallest absolute Gasteiger partial charge is 0.226 e. The first kappa shape index (κ1) is 17.9. The molecule has 0 radical (unpaired) electrons. The lowest BCUT2D eigenvalue weighted by Gasteiger charge is -2.28. The average Bonchev–Trinajstić information content (AvgIpc) is 3.28. The van der Waals surface area contributed by atoms with Crippen LogP contribution in [0.25, 0.3) is 0 Å². The van der Waals surface area contributed by atoms with Gasteiger partial charge >= 0.3 is 0 Å². The summed E-state index contributed by atoms with van der Waals surface area (Å²) in [6, 6.07) is 6.00. The van der Waals surface area contributed by atoms with Crippen molar-refractivity contribution in [2.24, 2.45) is 5.92 Å². The molecule has 6 heteroatoms. The van der Waals surface area contributed by atoms with Gasteiger partial charge in [-0.2, -0.15) is 0 Å². The average molecular weight is 341 g/mol. The third-order valence-corrected chi connectivity index (χ3v) is 6.35. The maximum absolute atomic E-state index is 13.3. The lowest BCUT2D eigenvalue weighted by molar-refractivity contribution is -0.134. The van der Waals surface area contributed by atoms with Gasteiger partial charge in [-0.25, -0.2) is 12.8 Å². The van der Waals surface area contributed by atoms with Crippen molar-refractivity contribution in [1.29, 1.82) is 0 Å². The van der Waals surface area contributed by atoms with Gasteiger partial charge < -0.3 is 4.90 Å². The molecule has 0 spiro atoms. The minimum Gasteiger partial charge on any atom is -0.339 e. The number of carbonyl (C=O) groups excluding carboxylic acids is 1. The topological polar surface area (TPSA) is 54.5 Å². The van der Waals surface area contributed by atoms with E-state index in [1.807, 2.05) is 13.0 Å². The monoisotopic (exact) mass is 341 g/mol. The largest absolute Gasteiger partial charge is 0.339 e. The van der Waals surface area contributed by atoms with Gasteiger partial charge in [0.2, 0.25) is 5.91 Å². The van der Waals surface area contributed by atoms with Crippen LogP contribution in [-0.2, 0) is 14.6 Å². The zero-order chi connectivity index (χ0) is 17.2. The molecule has 0 aliphatic heterocycles. The van der Waals surface area contributed by atoms with Crippen molar-refractivity contribution in [2.75, 3.05) is 18.1 Å². The second kappa shape index (κ2) is 6.99. The number of amides is 1. The van der Waals surface area contributed by atoms with E-state index in [0.29, 0.717) is 13.0 Å². The number of carbonyl (C=O) groups is 1. The van der Waals surface area contributed by atoms with Gasteiger partial charge in [-0.3, -0.25) is 4.79 Å². The number of benzene rings is 1. The fourth-order valence-corrected chi connectivity index (χ4v) is 4.20. The van der Waals surface area contributed by atoms with Crippen LogP contribution in [0.3, 0.4) is 0 Å². The molecule has 0 heterocycles. The van der Waals surface area contributed by atoms with Crippen LogP contribution in [0.4, 0.5) is 4.39 Å². The van der Waals surface area contributed by atoms with Crippen molar-refractivity contribution < 1.29 is 17.6 Å². The van der Waals surface area contributed by atoms with Crippen molar-refractivity contribution in [3.63, 3.8) is 0 Å². The third kappa shape index (κ3) is 4.31. The second-order valence-corrected chi connectivity index (χ2v) is 8.57. The molecule has 1 aromatic rings. The summed E-state index contributed by atoms with van der Waals surface area (Å²) in [5.41, 5.74) is 0.841. The minimum absolute atomic E-state index is 0.0135. The van der Waals surface area contributed by atoms with E-state index in [9.17, 15) is 17.6 Å². The van der Waals surface area contributed by atoms with E-state index in [1.165, 1.54) is 12.1 Å². The zero-order valence-corrected chi connectivity index (χ0v) is 14.6. The number of halogens is 1. The molecule has 1 aliphatic carbocycles. The summed E-state index contributed by atoms with van der Waals surface area (Å²) < 4.78 is 36.9. The Morgan fingerprint density at radius 2 is 2.09 bits per heavy atom. The molecule has 1 aromatic carbocycles. The number of hydrogen-bond acceptors (Lipinski definition) is 3. The SMILES string of the molecule is CCN(C(=O)C1CC1c1cccc(F)c1)C(C)CS(=O)(=O)CC.